The first-order chi connectivity index (χ1) is 10.2. The van der Waals surface area contributed by atoms with Crippen LogP contribution in [0.3, 0.4) is 0 Å². The zero-order chi connectivity index (χ0) is 14.7. The number of piperazine rings is 1. The third kappa shape index (κ3) is 3.46. The van der Waals surface area contributed by atoms with Gasteiger partial charge in [-0.1, -0.05) is 32.8 Å². The van der Waals surface area contributed by atoms with Gasteiger partial charge in [-0.05, 0) is 36.8 Å². The lowest BCUT2D eigenvalue weighted by molar-refractivity contribution is 0.0314. The van der Waals surface area contributed by atoms with Gasteiger partial charge in [0, 0.05) is 43.6 Å². The molecule has 0 aromatic carbocycles. The summed E-state index contributed by atoms with van der Waals surface area (Å²) in [6.07, 6.45) is 10.7. The standard InChI is InChI=1S/C18H29N3/c1-15(2)10-17-13-21(12-16-6-5-9-19-11-16)18(14-20-17)7-3-4-8-18/h5-6,9,11,15,17,20H,3-4,7-8,10,12-14H2,1-2H3. The van der Waals surface area contributed by atoms with Gasteiger partial charge in [0.2, 0.25) is 0 Å². The first kappa shape index (κ1) is 15.0. The minimum absolute atomic E-state index is 0.406. The molecule has 2 fully saturated rings. The van der Waals surface area contributed by atoms with E-state index in [4.69, 9.17) is 0 Å². The lowest BCUT2D eigenvalue weighted by atomic mass is 9.88. The Hall–Kier alpha value is -0.930. The van der Waals surface area contributed by atoms with Crippen LogP contribution in [0.2, 0.25) is 0 Å². The van der Waals surface area contributed by atoms with E-state index in [1.165, 1.54) is 50.8 Å². The fraction of sp³-hybridized carbons (Fsp3) is 0.722. The van der Waals surface area contributed by atoms with Crippen LogP contribution in [0.1, 0.15) is 51.5 Å². The summed E-state index contributed by atoms with van der Waals surface area (Å²) in [7, 11) is 0. The number of nitrogens with zero attached hydrogens (tertiary/aromatic N) is 2. The number of rotatable bonds is 4. The summed E-state index contributed by atoms with van der Waals surface area (Å²) < 4.78 is 0. The van der Waals surface area contributed by atoms with Gasteiger partial charge in [0.05, 0.1) is 0 Å². The van der Waals surface area contributed by atoms with E-state index in [0.29, 0.717) is 11.6 Å². The highest BCUT2D eigenvalue weighted by molar-refractivity contribution is 5.11. The zero-order valence-corrected chi connectivity index (χ0v) is 13.5. The van der Waals surface area contributed by atoms with Crippen LogP contribution in [0.4, 0.5) is 0 Å². The van der Waals surface area contributed by atoms with Gasteiger partial charge >= 0.3 is 0 Å². The molecule has 0 radical (unpaired) electrons. The molecule has 3 rings (SSSR count). The highest BCUT2D eigenvalue weighted by Gasteiger charge is 2.43. The second kappa shape index (κ2) is 6.45. The molecular weight excluding hydrogens is 258 g/mol. The molecule has 1 spiro atoms. The van der Waals surface area contributed by atoms with Crippen LogP contribution in [-0.4, -0.2) is 34.6 Å². The second-order valence-corrected chi connectivity index (χ2v) is 7.38. The summed E-state index contributed by atoms with van der Waals surface area (Å²) >= 11 is 0. The Kier molecular flexibility index (Phi) is 4.60. The van der Waals surface area contributed by atoms with Gasteiger partial charge in [-0.2, -0.15) is 0 Å². The molecule has 1 N–H and O–H groups in total. The molecule has 1 unspecified atom stereocenters. The Morgan fingerprint density at radius 3 is 2.86 bits per heavy atom. The van der Waals surface area contributed by atoms with Crippen molar-refractivity contribution >= 4 is 0 Å². The molecule has 1 saturated heterocycles. The van der Waals surface area contributed by atoms with Gasteiger partial charge in [0.25, 0.3) is 0 Å². The van der Waals surface area contributed by atoms with Crippen molar-refractivity contribution in [1.82, 2.24) is 15.2 Å². The first-order valence-electron chi connectivity index (χ1n) is 8.55. The summed E-state index contributed by atoms with van der Waals surface area (Å²) in [4.78, 5) is 7.05. The van der Waals surface area contributed by atoms with E-state index in [1.54, 1.807) is 0 Å². The van der Waals surface area contributed by atoms with Gasteiger partial charge < -0.3 is 5.32 Å². The number of hydrogen-bond acceptors (Lipinski definition) is 3. The Morgan fingerprint density at radius 1 is 1.38 bits per heavy atom. The van der Waals surface area contributed by atoms with Crippen LogP contribution < -0.4 is 5.32 Å². The lowest BCUT2D eigenvalue weighted by Gasteiger charge is -2.49. The number of pyridine rings is 1. The van der Waals surface area contributed by atoms with Gasteiger partial charge in [0.15, 0.2) is 0 Å². The van der Waals surface area contributed by atoms with Crippen LogP contribution in [0, 0.1) is 5.92 Å². The van der Waals surface area contributed by atoms with Crippen molar-refractivity contribution in [2.75, 3.05) is 13.1 Å². The van der Waals surface area contributed by atoms with E-state index in [9.17, 15) is 0 Å². The van der Waals surface area contributed by atoms with Crippen molar-refractivity contribution in [2.45, 2.75) is 64.1 Å². The number of nitrogens with one attached hydrogen (secondary N) is 1. The molecule has 2 aliphatic rings. The summed E-state index contributed by atoms with van der Waals surface area (Å²) in [5.41, 5.74) is 1.76. The highest BCUT2D eigenvalue weighted by Crippen LogP contribution is 2.38. The summed E-state index contributed by atoms with van der Waals surface area (Å²) in [5, 5.41) is 3.84. The molecule has 21 heavy (non-hydrogen) atoms. The molecule has 1 aliphatic carbocycles. The van der Waals surface area contributed by atoms with Gasteiger partial charge in [-0.25, -0.2) is 0 Å². The van der Waals surface area contributed by atoms with Crippen molar-refractivity contribution in [3.63, 3.8) is 0 Å². The average Bonchev–Trinajstić information content (AvgIpc) is 2.93. The van der Waals surface area contributed by atoms with Crippen molar-refractivity contribution in [3.05, 3.63) is 30.1 Å². The first-order valence-corrected chi connectivity index (χ1v) is 8.55. The van der Waals surface area contributed by atoms with Crippen molar-refractivity contribution < 1.29 is 0 Å². The SMILES string of the molecule is CC(C)CC1CN(Cc2cccnc2)C2(CCCC2)CN1. The Bertz CT molecular complexity index is 437. The second-order valence-electron chi connectivity index (χ2n) is 7.38. The molecule has 0 amide bonds. The molecule has 1 atom stereocenters. The Balaban J connectivity index is 1.73. The topological polar surface area (TPSA) is 28.2 Å². The number of aromatic nitrogens is 1. The van der Waals surface area contributed by atoms with E-state index >= 15 is 0 Å². The third-order valence-electron chi connectivity index (χ3n) is 5.22. The fourth-order valence-electron chi connectivity index (χ4n) is 4.17. The molecule has 3 nitrogen and oxygen atoms in total. The third-order valence-corrected chi connectivity index (χ3v) is 5.22. The largest absolute Gasteiger partial charge is 0.311 e. The van der Waals surface area contributed by atoms with Crippen LogP contribution in [0.25, 0.3) is 0 Å². The summed E-state index contributed by atoms with van der Waals surface area (Å²) in [6, 6.07) is 4.92. The molecule has 1 saturated carbocycles. The number of hydrogen-bond donors (Lipinski definition) is 1. The smallest absolute Gasteiger partial charge is 0.0338 e. The van der Waals surface area contributed by atoms with E-state index in [0.717, 1.165) is 12.5 Å². The normalized spacial score (nSPS) is 25.8. The van der Waals surface area contributed by atoms with Gasteiger partial charge in [0.1, 0.15) is 0 Å². The van der Waals surface area contributed by atoms with Crippen molar-refractivity contribution in [3.8, 4) is 0 Å². The molecule has 3 heteroatoms. The molecule has 1 aromatic heterocycles. The molecule has 0 bridgehead atoms. The molecular formula is C18H29N3. The highest BCUT2D eigenvalue weighted by atomic mass is 15.3. The molecule has 1 aromatic rings. The molecule has 1 aliphatic heterocycles. The minimum Gasteiger partial charge on any atom is -0.311 e. The quantitative estimate of drug-likeness (QED) is 0.921. The van der Waals surface area contributed by atoms with Crippen LogP contribution in [0.15, 0.2) is 24.5 Å². The van der Waals surface area contributed by atoms with Crippen molar-refractivity contribution in [2.24, 2.45) is 5.92 Å². The van der Waals surface area contributed by atoms with E-state index in [2.05, 4.69) is 41.2 Å². The monoisotopic (exact) mass is 287 g/mol. The van der Waals surface area contributed by atoms with E-state index < -0.39 is 0 Å². The Morgan fingerprint density at radius 2 is 2.19 bits per heavy atom. The zero-order valence-electron chi connectivity index (χ0n) is 13.5. The lowest BCUT2D eigenvalue weighted by Crippen LogP contribution is -2.63. The van der Waals surface area contributed by atoms with E-state index in [1.807, 2.05) is 12.4 Å². The minimum atomic E-state index is 0.406. The predicted molar refractivity (Wildman–Crippen MR) is 87.1 cm³/mol. The van der Waals surface area contributed by atoms with Crippen LogP contribution >= 0.6 is 0 Å². The van der Waals surface area contributed by atoms with E-state index in [-0.39, 0.29) is 0 Å². The summed E-state index contributed by atoms with van der Waals surface area (Å²) in [6.45, 7) is 8.07. The van der Waals surface area contributed by atoms with Crippen molar-refractivity contribution in [1.29, 1.82) is 0 Å². The maximum absolute atomic E-state index is 4.29. The maximum atomic E-state index is 4.29. The van der Waals surface area contributed by atoms with Gasteiger partial charge in [-0.3, -0.25) is 9.88 Å². The van der Waals surface area contributed by atoms with Crippen LogP contribution in [-0.2, 0) is 6.54 Å². The van der Waals surface area contributed by atoms with Crippen LogP contribution in [0.5, 0.6) is 0 Å². The van der Waals surface area contributed by atoms with Gasteiger partial charge in [-0.15, -0.1) is 0 Å². The Labute approximate surface area is 129 Å². The maximum Gasteiger partial charge on any atom is 0.0338 e. The average molecular weight is 287 g/mol. The molecule has 116 valence electrons. The fourth-order valence-corrected chi connectivity index (χ4v) is 4.17. The molecule has 2 heterocycles. The summed E-state index contributed by atoms with van der Waals surface area (Å²) in [5.74, 6) is 0.764. The predicted octanol–water partition coefficient (Wildman–Crippen LogP) is 3.21.